The molecule has 0 aliphatic heterocycles. The Morgan fingerprint density at radius 3 is 2.67 bits per heavy atom. The minimum atomic E-state index is -0.469. The zero-order valence-electron chi connectivity index (χ0n) is 11.1. The van der Waals surface area contributed by atoms with Crippen molar-refractivity contribution in [2.24, 2.45) is 5.84 Å². The van der Waals surface area contributed by atoms with E-state index >= 15 is 0 Å². The smallest absolute Gasteiger partial charge is 0.142 e. The maximum Gasteiger partial charge on any atom is 0.142 e. The van der Waals surface area contributed by atoms with Crippen molar-refractivity contribution in [3.63, 3.8) is 0 Å². The van der Waals surface area contributed by atoms with Crippen molar-refractivity contribution in [3.8, 4) is 0 Å². The van der Waals surface area contributed by atoms with Gasteiger partial charge in [0.2, 0.25) is 0 Å². The van der Waals surface area contributed by atoms with Crippen LogP contribution in [0, 0.1) is 5.82 Å². The number of hydrogen-bond acceptors (Lipinski definition) is 3. The number of aromatic nitrogens is 1. The lowest BCUT2D eigenvalue weighted by Gasteiger charge is -2.17. The molecule has 0 spiro atoms. The predicted octanol–water partition coefficient (Wildman–Crippen LogP) is 3.58. The van der Waals surface area contributed by atoms with Crippen molar-refractivity contribution >= 4 is 22.5 Å². The fourth-order valence-corrected chi connectivity index (χ4v) is 2.44. The molecular formula is C16H13ClFN3. The average Bonchev–Trinajstić information content (AvgIpc) is 2.51. The summed E-state index contributed by atoms with van der Waals surface area (Å²) in [5, 5.41) is 1.09. The van der Waals surface area contributed by atoms with E-state index in [1.165, 1.54) is 12.1 Å². The van der Waals surface area contributed by atoms with Crippen LogP contribution in [-0.4, -0.2) is 4.98 Å². The summed E-state index contributed by atoms with van der Waals surface area (Å²) in [7, 11) is 0. The van der Waals surface area contributed by atoms with Crippen LogP contribution >= 0.6 is 11.6 Å². The highest BCUT2D eigenvalue weighted by Crippen LogP contribution is 2.26. The Morgan fingerprint density at radius 2 is 1.90 bits per heavy atom. The lowest BCUT2D eigenvalue weighted by molar-refractivity contribution is 0.605. The standard InChI is InChI=1S/C16H13ClFN3/c17-13-6-5-11(8-14(13)18)16(21-19)12-7-10-3-1-2-4-15(10)20-9-12/h1-9,16,21H,19H2. The molecule has 1 unspecified atom stereocenters. The van der Waals surface area contributed by atoms with Gasteiger partial charge in [-0.3, -0.25) is 10.8 Å². The van der Waals surface area contributed by atoms with Crippen molar-refractivity contribution in [1.82, 2.24) is 10.4 Å². The SMILES string of the molecule is NNC(c1ccc(Cl)c(F)c1)c1cnc2ccccc2c1. The summed E-state index contributed by atoms with van der Waals surface area (Å²) in [5.41, 5.74) is 5.15. The third kappa shape index (κ3) is 2.74. The van der Waals surface area contributed by atoms with Crippen LogP contribution in [0.5, 0.6) is 0 Å². The van der Waals surface area contributed by atoms with Crippen LogP contribution in [0.2, 0.25) is 5.02 Å². The monoisotopic (exact) mass is 301 g/mol. The second kappa shape index (κ2) is 5.77. The molecule has 0 fully saturated rings. The molecule has 0 bridgehead atoms. The van der Waals surface area contributed by atoms with E-state index in [1.54, 1.807) is 12.3 Å². The molecule has 3 nitrogen and oxygen atoms in total. The number of benzene rings is 2. The minimum Gasteiger partial charge on any atom is -0.271 e. The molecule has 0 amide bonds. The van der Waals surface area contributed by atoms with E-state index in [9.17, 15) is 4.39 Å². The van der Waals surface area contributed by atoms with Gasteiger partial charge in [-0.15, -0.1) is 0 Å². The van der Waals surface area contributed by atoms with Crippen molar-refractivity contribution in [2.75, 3.05) is 0 Å². The lowest BCUT2D eigenvalue weighted by atomic mass is 9.99. The number of pyridine rings is 1. The quantitative estimate of drug-likeness (QED) is 0.574. The first-order chi connectivity index (χ1) is 10.2. The molecule has 0 aliphatic rings. The third-order valence-electron chi connectivity index (χ3n) is 3.39. The number of hydrazine groups is 1. The van der Waals surface area contributed by atoms with E-state index in [4.69, 9.17) is 17.4 Å². The molecule has 106 valence electrons. The normalized spacial score (nSPS) is 12.5. The number of hydrogen-bond donors (Lipinski definition) is 2. The summed E-state index contributed by atoms with van der Waals surface area (Å²) in [6.45, 7) is 0. The van der Waals surface area contributed by atoms with Crippen LogP contribution in [0.3, 0.4) is 0 Å². The number of nitrogens with zero attached hydrogens (tertiary/aromatic N) is 1. The average molecular weight is 302 g/mol. The summed E-state index contributed by atoms with van der Waals surface area (Å²) in [4.78, 5) is 4.40. The number of nitrogens with two attached hydrogens (primary N) is 1. The number of nitrogens with one attached hydrogen (secondary N) is 1. The first-order valence-electron chi connectivity index (χ1n) is 6.45. The van der Waals surface area contributed by atoms with Crippen molar-refractivity contribution in [2.45, 2.75) is 6.04 Å². The molecule has 5 heteroatoms. The summed E-state index contributed by atoms with van der Waals surface area (Å²) in [6, 6.07) is 14.1. The predicted molar refractivity (Wildman–Crippen MR) is 82.3 cm³/mol. The molecule has 2 aromatic carbocycles. The van der Waals surface area contributed by atoms with Crippen LogP contribution in [0.1, 0.15) is 17.2 Å². The van der Waals surface area contributed by atoms with E-state index in [-0.39, 0.29) is 11.1 Å². The maximum absolute atomic E-state index is 13.6. The molecule has 1 heterocycles. The van der Waals surface area contributed by atoms with Gasteiger partial charge in [0, 0.05) is 11.6 Å². The van der Waals surface area contributed by atoms with Gasteiger partial charge in [0.25, 0.3) is 0 Å². The molecule has 3 N–H and O–H groups in total. The summed E-state index contributed by atoms with van der Waals surface area (Å²) >= 11 is 5.71. The number of para-hydroxylation sites is 1. The fraction of sp³-hybridized carbons (Fsp3) is 0.0625. The Hall–Kier alpha value is -2.01. The fourth-order valence-electron chi connectivity index (χ4n) is 2.32. The van der Waals surface area contributed by atoms with Crippen LogP contribution in [0.4, 0.5) is 4.39 Å². The van der Waals surface area contributed by atoms with Crippen LogP contribution in [0.15, 0.2) is 54.7 Å². The molecular weight excluding hydrogens is 289 g/mol. The van der Waals surface area contributed by atoms with Crippen molar-refractivity contribution in [3.05, 3.63) is 76.7 Å². The topological polar surface area (TPSA) is 50.9 Å². The molecule has 3 aromatic rings. The van der Waals surface area contributed by atoms with Gasteiger partial charge >= 0.3 is 0 Å². The molecule has 0 aliphatic carbocycles. The molecule has 0 saturated heterocycles. The van der Waals surface area contributed by atoms with Gasteiger partial charge in [0.15, 0.2) is 0 Å². The van der Waals surface area contributed by atoms with Crippen LogP contribution < -0.4 is 11.3 Å². The molecule has 1 aromatic heterocycles. The molecule has 21 heavy (non-hydrogen) atoms. The largest absolute Gasteiger partial charge is 0.271 e. The van der Waals surface area contributed by atoms with Gasteiger partial charge in [0.1, 0.15) is 5.82 Å². The number of rotatable bonds is 3. The van der Waals surface area contributed by atoms with Gasteiger partial charge in [0.05, 0.1) is 16.6 Å². The van der Waals surface area contributed by atoms with Gasteiger partial charge in [-0.05, 0) is 35.4 Å². The third-order valence-corrected chi connectivity index (χ3v) is 3.70. The van der Waals surface area contributed by atoms with Gasteiger partial charge in [-0.1, -0.05) is 35.9 Å². The van der Waals surface area contributed by atoms with E-state index in [0.717, 1.165) is 16.5 Å². The highest BCUT2D eigenvalue weighted by Gasteiger charge is 2.15. The van der Waals surface area contributed by atoms with E-state index < -0.39 is 5.82 Å². The number of fused-ring (bicyclic) bond motifs is 1. The van der Waals surface area contributed by atoms with Crippen LogP contribution in [0.25, 0.3) is 10.9 Å². The Bertz CT molecular complexity index is 791. The second-order valence-corrected chi connectivity index (χ2v) is 5.14. The molecule has 1 atom stereocenters. The van der Waals surface area contributed by atoms with Crippen molar-refractivity contribution < 1.29 is 4.39 Å². The zero-order chi connectivity index (χ0) is 14.8. The Morgan fingerprint density at radius 1 is 1.10 bits per heavy atom. The first kappa shape index (κ1) is 13.9. The summed E-state index contributed by atoms with van der Waals surface area (Å²) in [5.74, 6) is 5.17. The van der Waals surface area contributed by atoms with Crippen molar-refractivity contribution in [1.29, 1.82) is 0 Å². The van der Waals surface area contributed by atoms with Gasteiger partial charge < -0.3 is 0 Å². The maximum atomic E-state index is 13.6. The van der Waals surface area contributed by atoms with Gasteiger partial charge in [-0.2, -0.15) is 0 Å². The molecule has 0 saturated carbocycles. The van der Waals surface area contributed by atoms with Gasteiger partial charge in [-0.25, -0.2) is 9.82 Å². The first-order valence-corrected chi connectivity index (χ1v) is 6.82. The zero-order valence-corrected chi connectivity index (χ0v) is 11.8. The molecule has 0 radical (unpaired) electrons. The van der Waals surface area contributed by atoms with E-state index in [1.807, 2.05) is 30.3 Å². The lowest BCUT2D eigenvalue weighted by Crippen LogP contribution is -2.29. The molecule has 3 rings (SSSR count). The Kier molecular flexibility index (Phi) is 3.84. The highest BCUT2D eigenvalue weighted by atomic mass is 35.5. The highest BCUT2D eigenvalue weighted by molar-refractivity contribution is 6.30. The Balaban J connectivity index is 2.06. The van der Waals surface area contributed by atoms with E-state index in [2.05, 4.69) is 10.4 Å². The Labute approximate surface area is 126 Å². The minimum absolute atomic E-state index is 0.0890. The van der Waals surface area contributed by atoms with Crippen LogP contribution in [-0.2, 0) is 0 Å². The summed E-state index contributed by atoms with van der Waals surface area (Å²) < 4.78 is 13.6. The second-order valence-electron chi connectivity index (χ2n) is 4.73. The summed E-state index contributed by atoms with van der Waals surface area (Å²) in [6.07, 6.45) is 1.74. The number of halogens is 2. The van der Waals surface area contributed by atoms with E-state index in [0.29, 0.717) is 5.56 Å².